The Morgan fingerprint density at radius 1 is 1.31 bits per heavy atom. The normalized spacial score (nSPS) is 13.9. The number of carboxylic acid groups (broad SMARTS) is 1. The maximum atomic E-state index is 10.5. The first-order valence-corrected chi connectivity index (χ1v) is 5.63. The minimum absolute atomic E-state index is 0.415. The van der Waals surface area contributed by atoms with Crippen LogP contribution in [0.25, 0.3) is 0 Å². The van der Waals surface area contributed by atoms with E-state index in [1.165, 1.54) is 11.1 Å². The zero-order valence-corrected chi connectivity index (χ0v) is 10.7. The van der Waals surface area contributed by atoms with E-state index in [-0.39, 0.29) is 0 Å². The lowest BCUT2D eigenvalue weighted by molar-refractivity contribution is -0.139. The van der Waals surface area contributed by atoms with Crippen LogP contribution < -0.4 is 0 Å². The molecular weight excluding hydrogens is 200 g/mol. The molecule has 1 unspecified atom stereocenters. The molecule has 90 valence electrons. The Labute approximate surface area is 98.4 Å². The fourth-order valence-corrected chi connectivity index (χ4v) is 1.14. The topological polar surface area (TPSA) is 37.3 Å². The third-order valence-electron chi connectivity index (χ3n) is 2.26. The van der Waals surface area contributed by atoms with Gasteiger partial charge in [0, 0.05) is 0 Å². The molecule has 1 atom stereocenters. The van der Waals surface area contributed by atoms with E-state index in [0.717, 1.165) is 12.8 Å². The van der Waals surface area contributed by atoms with Gasteiger partial charge in [-0.2, -0.15) is 0 Å². The van der Waals surface area contributed by atoms with Crippen molar-refractivity contribution >= 4 is 5.97 Å². The molecule has 1 N–H and O–H groups in total. The van der Waals surface area contributed by atoms with Crippen LogP contribution in [0.3, 0.4) is 0 Å². The molecule has 0 fully saturated rings. The highest BCUT2D eigenvalue weighted by molar-refractivity contribution is 5.71. The number of allylic oxidation sites excluding steroid dienone is 5. The largest absolute Gasteiger partial charge is 0.481 e. The number of carbonyl (C=O) groups is 1. The molecule has 0 aromatic carbocycles. The minimum Gasteiger partial charge on any atom is -0.481 e. The van der Waals surface area contributed by atoms with Crippen molar-refractivity contribution in [2.45, 2.75) is 40.5 Å². The van der Waals surface area contributed by atoms with Gasteiger partial charge in [-0.15, -0.1) is 0 Å². The third-order valence-corrected chi connectivity index (χ3v) is 2.26. The van der Waals surface area contributed by atoms with E-state index in [1.807, 2.05) is 12.2 Å². The van der Waals surface area contributed by atoms with E-state index in [1.54, 1.807) is 13.0 Å². The molecule has 0 rings (SSSR count). The van der Waals surface area contributed by atoms with Crippen molar-refractivity contribution < 1.29 is 9.90 Å². The summed E-state index contributed by atoms with van der Waals surface area (Å²) in [5, 5.41) is 8.67. The zero-order valence-electron chi connectivity index (χ0n) is 10.7. The lowest BCUT2D eigenvalue weighted by atomic mass is 10.1. The van der Waals surface area contributed by atoms with Crippen molar-refractivity contribution in [2.24, 2.45) is 5.92 Å². The molecule has 0 aliphatic carbocycles. The van der Waals surface area contributed by atoms with E-state index in [9.17, 15) is 4.79 Å². The highest BCUT2D eigenvalue weighted by Gasteiger charge is 2.03. The van der Waals surface area contributed by atoms with Gasteiger partial charge in [0.1, 0.15) is 0 Å². The molecule has 0 spiro atoms. The van der Waals surface area contributed by atoms with Gasteiger partial charge in [0.25, 0.3) is 0 Å². The van der Waals surface area contributed by atoms with E-state index in [0.29, 0.717) is 0 Å². The summed E-state index contributed by atoms with van der Waals surface area (Å²) >= 11 is 0. The molecule has 0 saturated heterocycles. The van der Waals surface area contributed by atoms with Gasteiger partial charge in [-0.1, -0.05) is 35.5 Å². The second kappa shape index (κ2) is 7.91. The van der Waals surface area contributed by atoms with Gasteiger partial charge in [0.2, 0.25) is 0 Å². The molecule has 0 aromatic rings. The Hall–Kier alpha value is -1.31. The SMILES string of the molecule is CC(C)=CCC/C(C)=C/C=C/C(C)C(=O)O. The summed E-state index contributed by atoms with van der Waals surface area (Å²) < 4.78 is 0. The van der Waals surface area contributed by atoms with Gasteiger partial charge >= 0.3 is 5.97 Å². The van der Waals surface area contributed by atoms with Crippen molar-refractivity contribution in [2.75, 3.05) is 0 Å². The summed E-state index contributed by atoms with van der Waals surface area (Å²) in [7, 11) is 0. The summed E-state index contributed by atoms with van der Waals surface area (Å²) in [5.41, 5.74) is 2.61. The quantitative estimate of drug-likeness (QED) is 0.545. The van der Waals surface area contributed by atoms with Crippen LogP contribution in [0.5, 0.6) is 0 Å². The summed E-state index contributed by atoms with van der Waals surface area (Å²) in [6.07, 6.45) is 9.80. The first-order chi connectivity index (χ1) is 7.43. The van der Waals surface area contributed by atoms with E-state index < -0.39 is 11.9 Å². The maximum Gasteiger partial charge on any atom is 0.310 e. The van der Waals surface area contributed by atoms with Gasteiger partial charge < -0.3 is 5.11 Å². The average Bonchev–Trinajstić information content (AvgIpc) is 2.16. The highest BCUT2D eigenvalue weighted by atomic mass is 16.4. The first kappa shape index (κ1) is 14.7. The number of carboxylic acids is 1. The Morgan fingerprint density at radius 2 is 1.94 bits per heavy atom. The molecule has 0 aliphatic heterocycles. The molecule has 0 saturated carbocycles. The third kappa shape index (κ3) is 8.04. The molecule has 2 heteroatoms. The molecule has 0 bridgehead atoms. The van der Waals surface area contributed by atoms with Crippen molar-refractivity contribution in [3.8, 4) is 0 Å². The van der Waals surface area contributed by atoms with Crippen LogP contribution in [-0.2, 0) is 4.79 Å². The smallest absolute Gasteiger partial charge is 0.310 e. The fraction of sp³-hybridized carbons (Fsp3) is 0.500. The maximum absolute atomic E-state index is 10.5. The van der Waals surface area contributed by atoms with Gasteiger partial charge in [0.05, 0.1) is 5.92 Å². The molecule has 0 radical (unpaired) electrons. The predicted molar refractivity (Wildman–Crippen MR) is 68.4 cm³/mol. The van der Waals surface area contributed by atoms with Crippen molar-refractivity contribution in [3.05, 3.63) is 35.5 Å². The number of hydrogen-bond acceptors (Lipinski definition) is 1. The summed E-state index contributed by atoms with van der Waals surface area (Å²) in [6, 6.07) is 0. The molecule has 0 aromatic heterocycles. The first-order valence-electron chi connectivity index (χ1n) is 5.63. The van der Waals surface area contributed by atoms with Crippen LogP contribution >= 0.6 is 0 Å². The van der Waals surface area contributed by atoms with Crippen LogP contribution in [0.1, 0.15) is 40.5 Å². The molecule has 0 amide bonds. The van der Waals surface area contributed by atoms with Crippen molar-refractivity contribution in [1.29, 1.82) is 0 Å². The Bertz CT molecular complexity index is 305. The van der Waals surface area contributed by atoms with Crippen LogP contribution in [-0.4, -0.2) is 11.1 Å². The number of aliphatic carboxylic acids is 1. The molecule has 2 nitrogen and oxygen atoms in total. The van der Waals surface area contributed by atoms with Crippen LogP contribution in [0.2, 0.25) is 0 Å². The van der Waals surface area contributed by atoms with Crippen LogP contribution in [0, 0.1) is 5.92 Å². The summed E-state index contributed by atoms with van der Waals surface area (Å²) in [6.45, 7) is 7.92. The Balaban J connectivity index is 4.04. The minimum atomic E-state index is -0.785. The second-order valence-electron chi connectivity index (χ2n) is 4.34. The molecule has 0 heterocycles. The van der Waals surface area contributed by atoms with E-state index in [2.05, 4.69) is 26.8 Å². The standard InChI is InChI=1S/C14H22O2/c1-11(2)7-5-8-12(3)9-6-10-13(4)14(15)16/h6-7,9-10,13H,5,8H2,1-4H3,(H,15,16)/b10-6+,12-9+. The lowest BCUT2D eigenvalue weighted by Crippen LogP contribution is -2.05. The average molecular weight is 222 g/mol. The number of rotatable bonds is 6. The Kier molecular flexibility index (Phi) is 7.27. The van der Waals surface area contributed by atoms with Gasteiger partial charge in [0.15, 0.2) is 0 Å². The highest BCUT2D eigenvalue weighted by Crippen LogP contribution is 2.07. The van der Waals surface area contributed by atoms with Crippen molar-refractivity contribution in [1.82, 2.24) is 0 Å². The van der Waals surface area contributed by atoms with E-state index in [4.69, 9.17) is 5.11 Å². The molecule has 0 aliphatic rings. The van der Waals surface area contributed by atoms with Crippen molar-refractivity contribution in [3.63, 3.8) is 0 Å². The molecule has 16 heavy (non-hydrogen) atoms. The number of hydrogen-bond donors (Lipinski definition) is 1. The predicted octanol–water partition coefficient (Wildman–Crippen LogP) is 3.96. The fourth-order valence-electron chi connectivity index (χ4n) is 1.14. The van der Waals surface area contributed by atoms with Crippen LogP contribution in [0.4, 0.5) is 0 Å². The zero-order chi connectivity index (χ0) is 12.6. The van der Waals surface area contributed by atoms with Crippen LogP contribution in [0.15, 0.2) is 35.5 Å². The van der Waals surface area contributed by atoms with Gasteiger partial charge in [-0.05, 0) is 40.5 Å². The van der Waals surface area contributed by atoms with E-state index >= 15 is 0 Å². The summed E-state index contributed by atoms with van der Waals surface area (Å²) in [5.74, 6) is -1.20. The monoisotopic (exact) mass is 222 g/mol. The molecular formula is C14H22O2. The van der Waals surface area contributed by atoms with Gasteiger partial charge in [-0.3, -0.25) is 4.79 Å². The Morgan fingerprint density at radius 3 is 2.44 bits per heavy atom. The summed E-state index contributed by atoms with van der Waals surface area (Å²) in [4.78, 5) is 10.5. The second-order valence-corrected chi connectivity index (χ2v) is 4.34. The lowest BCUT2D eigenvalue weighted by Gasteiger charge is -1.98. The van der Waals surface area contributed by atoms with Gasteiger partial charge in [-0.25, -0.2) is 0 Å².